The molecule has 2 N–H and O–H groups in total. The van der Waals surface area contributed by atoms with Gasteiger partial charge in [-0.1, -0.05) is 0 Å². The Labute approximate surface area is 125 Å². The standard InChI is InChI=1S/C9H12F2O9S2/c1-18-7-5(3-2-4(21(13)14)6(7)19-3)20-8(12)9(10,11)22(15,16)17/h3-7H,2H2,1H3,(H,13,14)(H,15,16,17). The van der Waals surface area contributed by atoms with Crippen LogP contribution in [0.15, 0.2) is 0 Å². The van der Waals surface area contributed by atoms with E-state index < -0.39 is 62.1 Å². The third kappa shape index (κ3) is 2.76. The third-order valence-electron chi connectivity index (χ3n) is 3.51. The van der Waals surface area contributed by atoms with E-state index in [1.165, 1.54) is 0 Å². The molecule has 0 spiro atoms. The molecule has 0 aromatic heterocycles. The van der Waals surface area contributed by atoms with E-state index in [4.69, 9.17) is 18.6 Å². The number of hydrogen-bond donors (Lipinski definition) is 2. The number of carbonyl (C=O) groups is 1. The Hall–Kier alpha value is -0.730. The van der Waals surface area contributed by atoms with Crippen molar-refractivity contribution in [2.24, 2.45) is 0 Å². The Balaban J connectivity index is 2.15. The predicted molar refractivity (Wildman–Crippen MR) is 65.0 cm³/mol. The Morgan fingerprint density at radius 3 is 2.45 bits per heavy atom. The molecule has 6 unspecified atom stereocenters. The zero-order valence-electron chi connectivity index (χ0n) is 10.9. The van der Waals surface area contributed by atoms with E-state index in [0.29, 0.717) is 0 Å². The van der Waals surface area contributed by atoms with E-state index in [0.717, 1.165) is 7.11 Å². The Bertz CT molecular complexity index is 592. The average Bonchev–Trinajstić information content (AvgIpc) is 2.94. The van der Waals surface area contributed by atoms with Crippen molar-refractivity contribution in [3.05, 3.63) is 0 Å². The van der Waals surface area contributed by atoms with Gasteiger partial charge in [-0.15, -0.1) is 0 Å². The van der Waals surface area contributed by atoms with Crippen molar-refractivity contribution in [3.63, 3.8) is 0 Å². The molecule has 13 heteroatoms. The van der Waals surface area contributed by atoms with Gasteiger partial charge in [0.05, 0.1) is 11.4 Å². The smallest absolute Gasteiger partial charge is 0.451 e. The molecule has 128 valence electrons. The summed E-state index contributed by atoms with van der Waals surface area (Å²) in [5.41, 5.74) is 0. The highest BCUT2D eigenvalue weighted by Crippen LogP contribution is 2.41. The second-order valence-corrected chi connectivity index (χ2v) is 7.37. The number of fused-ring (bicyclic) bond motifs is 2. The van der Waals surface area contributed by atoms with Gasteiger partial charge in [-0.25, -0.2) is 9.00 Å². The van der Waals surface area contributed by atoms with E-state index in [-0.39, 0.29) is 6.42 Å². The monoisotopic (exact) mass is 366 g/mol. The van der Waals surface area contributed by atoms with Gasteiger partial charge in [-0.05, 0) is 6.42 Å². The molecule has 2 aliphatic rings. The van der Waals surface area contributed by atoms with Crippen LogP contribution in [-0.2, 0) is 40.2 Å². The number of hydrogen-bond acceptors (Lipinski definition) is 7. The Morgan fingerprint density at radius 1 is 1.41 bits per heavy atom. The summed E-state index contributed by atoms with van der Waals surface area (Å²) in [4.78, 5) is 11.3. The lowest BCUT2D eigenvalue weighted by molar-refractivity contribution is -0.175. The summed E-state index contributed by atoms with van der Waals surface area (Å²) in [7, 11) is -4.84. The van der Waals surface area contributed by atoms with Crippen molar-refractivity contribution in [2.75, 3.05) is 7.11 Å². The number of halogens is 2. The van der Waals surface area contributed by atoms with Crippen LogP contribution >= 0.6 is 0 Å². The maximum absolute atomic E-state index is 13.2. The van der Waals surface area contributed by atoms with Gasteiger partial charge in [-0.2, -0.15) is 17.2 Å². The fourth-order valence-corrected chi connectivity index (χ4v) is 3.57. The highest BCUT2D eigenvalue weighted by atomic mass is 32.2. The zero-order chi connectivity index (χ0) is 16.9. The van der Waals surface area contributed by atoms with Crippen LogP contribution in [0.3, 0.4) is 0 Å². The summed E-state index contributed by atoms with van der Waals surface area (Å²) in [6.07, 6.45) is -4.49. The van der Waals surface area contributed by atoms with Crippen molar-refractivity contribution in [1.82, 2.24) is 0 Å². The quantitative estimate of drug-likeness (QED) is 0.362. The molecule has 2 bridgehead atoms. The zero-order valence-corrected chi connectivity index (χ0v) is 12.6. The summed E-state index contributed by atoms with van der Waals surface area (Å²) in [6, 6.07) is 0. The fraction of sp³-hybridized carbons (Fsp3) is 0.889. The molecular formula is C9H12F2O9S2. The van der Waals surface area contributed by atoms with Crippen molar-refractivity contribution in [1.29, 1.82) is 0 Å². The molecule has 22 heavy (non-hydrogen) atoms. The van der Waals surface area contributed by atoms with Crippen LogP contribution in [0, 0.1) is 0 Å². The van der Waals surface area contributed by atoms with E-state index in [1.54, 1.807) is 0 Å². The molecule has 9 nitrogen and oxygen atoms in total. The lowest BCUT2D eigenvalue weighted by Gasteiger charge is -2.30. The molecule has 2 saturated heterocycles. The van der Waals surface area contributed by atoms with Crippen LogP contribution < -0.4 is 0 Å². The van der Waals surface area contributed by atoms with Crippen molar-refractivity contribution in [2.45, 2.75) is 41.3 Å². The second kappa shape index (κ2) is 5.72. The van der Waals surface area contributed by atoms with Gasteiger partial charge in [0.15, 0.2) is 17.2 Å². The molecule has 2 aliphatic heterocycles. The van der Waals surface area contributed by atoms with Gasteiger partial charge in [0, 0.05) is 7.11 Å². The van der Waals surface area contributed by atoms with E-state index >= 15 is 0 Å². The largest absolute Gasteiger partial charge is 0.465 e. The first-order chi connectivity index (χ1) is 10.0. The second-order valence-electron chi connectivity index (χ2n) is 4.75. The van der Waals surface area contributed by atoms with Crippen LogP contribution in [0.1, 0.15) is 6.42 Å². The van der Waals surface area contributed by atoms with Crippen LogP contribution in [0.4, 0.5) is 8.78 Å². The molecule has 0 radical (unpaired) electrons. The van der Waals surface area contributed by atoms with Crippen LogP contribution in [0.25, 0.3) is 0 Å². The van der Waals surface area contributed by atoms with Crippen molar-refractivity contribution >= 4 is 27.2 Å². The SMILES string of the molecule is COC1C(OC(=O)C(F)(F)S(=O)(=O)O)C2CC(S(=O)O)C1O2. The van der Waals surface area contributed by atoms with Gasteiger partial charge in [-0.3, -0.25) is 4.55 Å². The predicted octanol–water partition coefficient (Wildman–Crippen LogP) is -0.845. The maximum atomic E-state index is 13.2. The molecule has 0 aliphatic carbocycles. The lowest BCUT2D eigenvalue weighted by Crippen LogP contribution is -2.51. The normalized spacial score (nSPS) is 36.3. The number of methoxy groups -OCH3 is 1. The minimum Gasteiger partial charge on any atom is -0.451 e. The number of carbonyl (C=O) groups excluding carboxylic acids is 1. The number of esters is 1. The first kappa shape index (κ1) is 17.6. The highest BCUT2D eigenvalue weighted by molar-refractivity contribution is 7.87. The average molecular weight is 366 g/mol. The number of rotatable bonds is 5. The van der Waals surface area contributed by atoms with Crippen LogP contribution in [0.5, 0.6) is 0 Å². The molecule has 6 atom stereocenters. The molecule has 0 aromatic rings. The maximum Gasteiger partial charge on any atom is 0.465 e. The summed E-state index contributed by atoms with van der Waals surface area (Å²) in [5.74, 6) is -2.47. The van der Waals surface area contributed by atoms with E-state index in [1.807, 2.05) is 0 Å². The minimum atomic E-state index is -5.98. The number of ether oxygens (including phenoxy) is 3. The Kier molecular flexibility index (Phi) is 4.58. The van der Waals surface area contributed by atoms with E-state index in [9.17, 15) is 26.2 Å². The molecule has 0 saturated carbocycles. The van der Waals surface area contributed by atoms with Crippen molar-refractivity contribution < 1.29 is 49.5 Å². The minimum absolute atomic E-state index is 0.0525. The molecular weight excluding hydrogens is 354 g/mol. The van der Waals surface area contributed by atoms with Gasteiger partial charge in [0.1, 0.15) is 12.2 Å². The molecule has 2 rings (SSSR count). The third-order valence-corrected chi connectivity index (χ3v) is 5.31. The fourth-order valence-electron chi connectivity index (χ4n) is 2.51. The molecule has 0 amide bonds. The van der Waals surface area contributed by atoms with Crippen LogP contribution in [0.2, 0.25) is 0 Å². The molecule has 0 aromatic carbocycles. The van der Waals surface area contributed by atoms with Gasteiger partial charge in [0.25, 0.3) is 0 Å². The molecule has 2 fully saturated rings. The van der Waals surface area contributed by atoms with Gasteiger partial charge in [0.2, 0.25) is 0 Å². The van der Waals surface area contributed by atoms with E-state index in [2.05, 4.69) is 4.74 Å². The highest BCUT2D eigenvalue weighted by Gasteiger charge is 2.61. The topological polar surface area (TPSA) is 136 Å². The van der Waals surface area contributed by atoms with Gasteiger partial charge >= 0.3 is 21.3 Å². The first-order valence-corrected chi connectivity index (χ1v) is 8.45. The summed E-state index contributed by atoms with van der Waals surface area (Å²) < 4.78 is 90.5. The van der Waals surface area contributed by atoms with Crippen LogP contribution in [-0.4, -0.2) is 69.7 Å². The van der Waals surface area contributed by atoms with Crippen molar-refractivity contribution in [3.8, 4) is 0 Å². The summed E-state index contributed by atoms with van der Waals surface area (Å²) >= 11 is -2.25. The number of alkyl halides is 2. The summed E-state index contributed by atoms with van der Waals surface area (Å²) in [6.45, 7) is 0. The summed E-state index contributed by atoms with van der Waals surface area (Å²) in [5, 5.41) is -5.97. The molecule has 2 heterocycles. The first-order valence-electron chi connectivity index (χ1n) is 5.84. The van der Waals surface area contributed by atoms with Gasteiger partial charge < -0.3 is 18.8 Å². The Morgan fingerprint density at radius 2 is 2.00 bits per heavy atom. The lowest BCUT2D eigenvalue weighted by atomic mass is 9.94.